The highest BCUT2D eigenvalue weighted by Crippen LogP contribution is 2.25. The van der Waals surface area contributed by atoms with Crippen molar-refractivity contribution in [1.29, 1.82) is 0 Å². The van der Waals surface area contributed by atoms with Gasteiger partial charge in [0.1, 0.15) is 5.60 Å². The number of carbonyl (C=O) groups excluding carboxylic acids is 2. The van der Waals surface area contributed by atoms with E-state index in [1.54, 1.807) is 0 Å². The normalized spacial score (nSPS) is 13.4. The minimum Gasteiger partial charge on any atom is -0.469 e. The molecular weight excluding hydrogens is 388 g/mol. The molecule has 4 heteroatoms. The lowest BCUT2D eigenvalue weighted by molar-refractivity contribution is -0.140. The minimum atomic E-state index is -1.18. The lowest BCUT2D eigenvalue weighted by Crippen LogP contribution is -2.38. The van der Waals surface area contributed by atoms with Crippen molar-refractivity contribution in [2.45, 2.75) is 141 Å². The summed E-state index contributed by atoms with van der Waals surface area (Å²) in [7, 11) is 1.43. The molecule has 31 heavy (non-hydrogen) atoms. The fourth-order valence-corrected chi connectivity index (χ4v) is 3.88. The van der Waals surface area contributed by atoms with Crippen LogP contribution < -0.4 is 0 Å². The van der Waals surface area contributed by atoms with Crippen molar-refractivity contribution >= 4 is 11.8 Å². The maximum atomic E-state index is 12.8. The lowest BCUT2D eigenvalue weighted by Gasteiger charge is -2.26. The minimum absolute atomic E-state index is 0.0377. The van der Waals surface area contributed by atoms with E-state index >= 15 is 0 Å². The van der Waals surface area contributed by atoms with Gasteiger partial charge in [-0.1, -0.05) is 96.6 Å². The van der Waals surface area contributed by atoms with Crippen LogP contribution in [0.3, 0.4) is 0 Å². The number of rotatable bonds is 22. The molecule has 0 aromatic carbocycles. The molecule has 0 unspecified atom stereocenters. The average molecular weight is 439 g/mol. The molecule has 0 heterocycles. The van der Waals surface area contributed by atoms with Crippen LogP contribution in [0.5, 0.6) is 0 Å². The molecule has 0 saturated heterocycles. The van der Waals surface area contributed by atoms with Gasteiger partial charge in [-0.3, -0.25) is 9.59 Å². The molecule has 0 fully saturated rings. The van der Waals surface area contributed by atoms with Crippen LogP contribution in [-0.2, 0) is 14.3 Å². The van der Waals surface area contributed by atoms with E-state index in [1.165, 1.54) is 26.4 Å². The SMILES string of the molecule is CCCCCCCC(=O)[C@](O)(C/C=C\CCCCCCCC(=O)OC)CCCCCC. The monoisotopic (exact) mass is 438 g/mol. The van der Waals surface area contributed by atoms with Crippen LogP contribution >= 0.6 is 0 Å². The van der Waals surface area contributed by atoms with Crippen LogP contribution in [0.4, 0.5) is 0 Å². The Morgan fingerprint density at radius 2 is 1.29 bits per heavy atom. The number of esters is 1. The van der Waals surface area contributed by atoms with Crippen LogP contribution in [0.15, 0.2) is 12.2 Å². The molecule has 0 aromatic heterocycles. The first kappa shape index (κ1) is 29.8. The Hall–Kier alpha value is -1.16. The number of allylic oxidation sites excluding steroid dienone is 1. The summed E-state index contributed by atoms with van der Waals surface area (Å²) in [5, 5.41) is 11.1. The highest BCUT2D eigenvalue weighted by atomic mass is 16.5. The third-order valence-electron chi connectivity index (χ3n) is 6.07. The van der Waals surface area contributed by atoms with E-state index in [-0.39, 0.29) is 11.8 Å². The number of methoxy groups -OCH3 is 1. The molecule has 1 N–H and O–H groups in total. The Labute approximate surface area is 192 Å². The quantitative estimate of drug-likeness (QED) is 0.108. The highest BCUT2D eigenvalue weighted by Gasteiger charge is 2.32. The molecule has 0 rings (SSSR count). The molecule has 4 nitrogen and oxygen atoms in total. The van der Waals surface area contributed by atoms with Gasteiger partial charge in [-0.05, 0) is 32.1 Å². The average Bonchev–Trinajstić information content (AvgIpc) is 2.77. The second-order valence-electron chi connectivity index (χ2n) is 8.99. The number of ketones is 1. The number of aliphatic hydroxyl groups is 1. The summed E-state index contributed by atoms with van der Waals surface area (Å²) in [6.07, 6.45) is 22.4. The van der Waals surface area contributed by atoms with Crippen molar-refractivity contribution in [2.75, 3.05) is 7.11 Å². The van der Waals surface area contributed by atoms with Gasteiger partial charge in [0.2, 0.25) is 0 Å². The second kappa shape index (κ2) is 20.7. The van der Waals surface area contributed by atoms with Crippen LogP contribution in [0.2, 0.25) is 0 Å². The smallest absolute Gasteiger partial charge is 0.305 e. The van der Waals surface area contributed by atoms with Gasteiger partial charge < -0.3 is 9.84 Å². The zero-order valence-electron chi connectivity index (χ0n) is 20.8. The number of ether oxygens (including phenoxy) is 1. The number of carbonyl (C=O) groups is 2. The fraction of sp³-hybridized carbons (Fsp3) is 0.852. The van der Waals surface area contributed by atoms with Gasteiger partial charge in [0.15, 0.2) is 5.78 Å². The molecule has 0 aliphatic rings. The van der Waals surface area contributed by atoms with E-state index in [2.05, 4.69) is 24.7 Å². The fourth-order valence-electron chi connectivity index (χ4n) is 3.88. The number of unbranched alkanes of at least 4 members (excludes halogenated alkanes) is 12. The summed E-state index contributed by atoms with van der Waals surface area (Å²) < 4.78 is 4.65. The van der Waals surface area contributed by atoms with Gasteiger partial charge in [-0.2, -0.15) is 0 Å². The molecule has 0 aliphatic heterocycles. The third-order valence-corrected chi connectivity index (χ3v) is 6.07. The predicted octanol–water partition coefficient (Wildman–Crippen LogP) is 7.47. The van der Waals surface area contributed by atoms with Crippen molar-refractivity contribution in [3.63, 3.8) is 0 Å². The largest absolute Gasteiger partial charge is 0.469 e. The molecular formula is C27H50O4. The highest BCUT2D eigenvalue weighted by molar-refractivity contribution is 5.87. The van der Waals surface area contributed by atoms with Gasteiger partial charge in [0.05, 0.1) is 7.11 Å². The van der Waals surface area contributed by atoms with E-state index in [0.717, 1.165) is 77.0 Å². The first-order valence-corrected chi connectivity index (χ1v) is 13.0. The molecule has 0 bridgehead atoms. The predicted molar refractivity (Wildman–Crippen MR) is 130 cm³/mol. The molecule has 182 valence electrons. The van der Waals surface area contributed by atoms with E-state index in [0.29, 0.717) is 25.7 Å². The maximum Gasteiger partial charge on any atom is 0.305 e. The lowest BCUT2D eigenvalue weighted by atomic mass is 9.85. The molecule has 0 aliphatic carbocycles. The van der Waals surface area contributed by atoms with Crippen molar-refractivity contribution in [3.05, 3.63) is 12.2 Å². The van der Waals surface area contributed by atoms with Gasteiger partial charge in [0, 0.05) is 19.3 Å². The number of hydrogen-bond acceptors (Lipinski definition) is 4. The zero-order valence-corrected chi connectivity index (χ0v) is 20.8. The van der Waals surface area contributed by atoms with Crippen molar-refractivity contribution < 1.29 is 19.4 Å². The van der Waals surface area contributed by atoms with Crippen LogP contribution in [-0.4, -0.2) is 29.6 Å². The topological polar surface area (TPSA) is 63.6 Å². The molecule has 0 saturated carbocycles. The van der Waals surface area contributed by atoms with Gasteiger partial charge in [0.25, 0.3) is 0 Å². The standard InChI is InChI=1S/C27H50O4/c1-4-6-8-14-17-21-25(28)27(30,23-19-9-7-5-2)24-20-16-13-11-10-12-15-18-22-26(29)31-3/h16,20,30H,4-15,17-19,21-24H2,1-3H3/b20-16-/t27-/m1/s1. The number of hydrogen-bond donors (Lipinski definition) is 1. The summed E-state index contributed by atoms with van der Waals surface area (Å²) in [6.45, 7) is 4.37. The van der Waals surface area contributed by atoms with E-state index in [1.807, 2.05) is 6.08 Å². The summed E-state index contributed by atoms with van der Waals surface area (Å²) >= 11 is 0. The Morgan fingerprint density at radius 3 is 1.94 bits per heavy atom. The van der Waals surface area contributed by atoms with Crippen LogP contribution in [0, 0.1) is 0 Å². The van der Waals surface area contributed by atoms with Crippen molar-refractivity contribution in [2.24, 2.45) is 0 Å². The first-order valence-electron chi connectivity index (χ1n) is 13.0. The van der Waals surface area contributed by atoms with E-state index in [4.69, 9.17) is 0 Å². The zero-order chi connectivity index (χ0) is 23.2. The molecule has 0 amide bonds. The third kappa shape index (κ3) is 17.1. The molecule has 0 spiro atoms. The summed E-state index contributed by atoms with van der Waals surface area (Å²) in [6, 6.07) is 0. The number of Topliss-reactive ketones (excluding diaryl/α,β-unsaturated/α-hetero) is 1. The maximum absolute atomic E-state index is 12.8. The van der Waals surface area contributed by atoms with Gasteiger partial charge in [-0.15, -0.1) is 0 Å². The Kier molecular flexibility index (Phi) is 20.0. The van der Waals surface area contributed by atoms with Crippen LogP contribution in [0.25, 0.3) is 0 Å². The molecule has 0 radical (unpaired) electrons. The Bertz CT molecular complexity index is 472. The van der Waals surface area contributed by atoms with E-state index in [9.17, 15) is 14.7 Å². The Morgan fingerprint density at radius 1 is 0.742 bits per heavy atom. The molecule has 0 aromatic rings. The van der Waals surface area contributed by atoms with E-state index < -0.39 is 5.60 Å². The molecule has 1 atom stereocenters. The Balaban J connectivity index is 4.23. The van der Waals surface area contributed by atoms with Crippen molar-refractivity contribution in [1.82, 2.24) is 0 Å². The first-order chi connectivity index (χ1) is 15.0. The summed E-state index contributed by atoms with van der Waals surface area (Å²) in [4.78, 5) is 23.9. The second-order valence-corrected chi connectivity index (χ2v) is 8.99. The summed E-state index contributed by atoms with van der Waals surface area (Å²) in [5.74, 6) is -0.0867. The van der Waals surface area contributed by atoms with Gasteiger partial charge in [-0.25, -0.2) is 0 Å². The van der Waals surface area contributed by atoms with Crippen molar-refractivity contribution in [3.8, 4) is 0 Å². The summed E-state index contributed by atoms with van der Waals surface area (Å²) in [5.41, 5.74) is -1.18. The van der Waals surface area contributed by atoms with Gasteiger partial charge >= 0.3 is 5.97 Å². The van der Waals surface area contributed by atoms with Crippen LogP contribution in [0.1, 0.15) is 136 Å².